The van der Waals surface area contributed by atoms with Crippen molar-refractivity contribution in [1.29, 1.82) is 0 Å². The molecule has 0 aliphatic heterocycles. The van der Waals surface area contributed by atoms with Crippen molar-refractivity contribution < 1.29 is 0 Å². The van der Waals surface area contributed by atoms with Crippen LogP contribution in [0.2, 0.25) is 0 Å². The third-order valence-electron chi connectivity index (χ3n) is 2.90. The Morgan fingerprint density at radius 2 is 2.50 bits per heavy atom. The van der Waals surface area contributed by atoms with Gasteiger partial charge in [0.25, 0.3) is 0 Å². The summed E-state index contributed by atoms with van der Waals surface area (Å²) in [5.74, 6) is 0. The Morgan fingerprint density at radius 3 is 3.00 bits per heavy atom. The Hall–Kier alpha value is -0.0100. The SMILES string of the molecule is CC1(c2ccsc2)CCC(Cl)C1. The number of halogens is 1. The second kappa shape index (κ2) is 3.04. The Morgan fingerprint density at radius 1 is 1.67 bits per heavy atom. The van der Waals surface area contributed by atoms with Crippen molar-refractivity contribution in [2.24, 2.45) is 0 Å². The van der Waals surface area contributed by atoms with Crippen molar-refractivity contribution in [3.63, 3.8) is 0 Å². The van der Waals surface area contributed by atoms with Crippen molar-refractivity contribution in [1.82, 2.24) is 0 Å². The molecule has 2 rings (SSSR count). The summed E-state index contributed by atoms with van der Waals surface area (Å²) in [4.78, 5) is 0. The quantitative estimate of drug-likeness (QED) is 0.605. The third-order valence-corrected chi connectivity index (χ3v) is 3.96. The lowest BCUT2D eigenvalue weighted by atomic mass is 9.83. The van der Waals surface area contributed by atoms with E-state index in [0.29, 0.717) is 10.8 Å². The summed E-state index contributed by atoms with van der Waals surface area (Å²) in [6.45, 7) is 2.33. The Bertz CT molecular complexity index is 255. The van der Waals surface area contributed by atoms with E-state index >= 15 is 0 Å². The first-order valence-electron chi connectivity index (χ1n) is 4.37. The van der Waals surface area contributed by atoms with Gasteiger partial charge in [-0.15, -0.1) is 11.6 Å². The van der Waals surface area contributed by atoms with Crippen molar-refractivity contribution in [3.05, 3.63) is 22.4 Å². The lowest BCUT2D eigenvalue weighted by molar-refractivity contribution is 0.494. The van der Waals surface area contributed by atoms with Crippen LogP contribution in [0.25, 0.3) is 0 Å². The number of alkyl halides is 1. The van der Waals surface area contributed by atoms with Crippen LogP contribution >= 0.6 is 22.9 Å². The van der Waals surface area contributed by atoms with Gasteiger partial charge in [-0.1, -0.05) is 6.92 Å². The highest BCUT2D eigenvalue weighted by Crippen LogP contribution is 2.43. The van der Waals surface area contributed by atoms with Crippen LogP contribution in [0.4, 0.5) is 0 Å². The van der Waals surface area contributed by atoms with Crippen molar-refractivity contribution in [2.45, 2.75) is 37.0 Å². The molecule has 2 atom stereocenters. The summed E-state index contributed by atoms with van der Waals surface area (Å²) in [5.41, 5.74) is 1.85. The number of hydrogen-bond acceptors (Lipinski definition) is 1. The van der Waals surface area contributed by atoms with E-state index in [2.05, 4.69) is 23.8 Å². The lowest BCUT2D eigenvalue weighted by Gasteiger charge is -2.22. The van der Waals surface area contributed by atoms with Crippen LogP contribution in [0.1, 0.15) is 31.7 Å². The fourth-order valence-corrected chi connectivity index (χ4v) is 3.30. The van der Waals surface area contributed by atoms with Crippen molar-refractivity contribution >= 4 is 22.9 Å². The summed E-state index contributed by atoms with van der Waals surface area (Å²) in [7, 11) is 0. The van der Waals surface area contributed by atoms with E-state index < -0.39 is 0 Å². The van der Waals surface area contributed by atoms with Crippen LogP contribution in [-0.4, -0.2) is 5.38 Å². The first-order chi connectivity index (χ1) is 5.71. The number of thiophene rings is 1. The highest BCUT2D eigenvalue weighted by atomic mass is 35.5. The topological polar surface area (TPSA) is 0 Å². The Labute approximate surface area is 82.6 Å². The molecule has 12 heavy (non-hydrogen) atoms. The largest absolute Gasteiger partial charge is 0.152 e. The molecule has 1 aromatic rings. The lowest BCUT2D eigenvalue weighted by Crippen LogP contribution is -2.16. The zero-order valence-electron chi connectivity index (χ0n) is 7.22. The molecule has 1 heterocycles. The first-order valence-corrected chi connectivity index (χ1v) is 5.75. The van der Waals surface area contributed by atoms with E-state index in [-0.39, 0.29) is 0 Å². The first kappa shape index (κ1) is 8.58. The van der Waals surface area contributed by atoms with Crippen molar-refractivity contribution in [3.8, 4) is 0 Å². The molecule has 1 fully saturated rings. The van der Waals surface area contributed by atoms with Gasteiger partial charge in [0, 0.05) is 5.38 Å². The van der Waals surface area contributed by atoms with Gasteiger partial charge in [-0.3, -0.25) is 0 Å². The minimum Gasteiger partial charge on any atom is -0.152 e. The normalized spacial score (nSPS) is 35.7. The zero-order valence-corrected chi connectivity index (χ0v) is 8.79. The molecular weight excluding hydrogens is 188 g/mol. The monoisotopic (exact) mass is 200 g/mol. The molecule has 1 saturated carbocycles. The standard InChI is InChI=1S/C10H13ClS/c1-10(4-2-9(11)6-10)8-3-5-12-7-8/h3,5,7,9H,2,4,6H2,1H3. The molecule has 0 spiro atoms. The molecule has 1 aliphatic rings. The summed E-state index contributed by atoms with van der Waals surface area (Å²) in [6, 6.07) is 2.24. The van der Waals surface area contributed by atoms with Gasteiger partial charge in [0.15, 0.2) is 0 Å². The molecule has 0 N–H and O–H groups in total. The number of hydrogen-bond donors (Lipinski definition) is 0. The molecule has 0 amide bonds. The zero-order chi connectivity index (χ0) is 8.60. The third kappa shape index (κ3) is 1.40. The highest BCUT2D eigenvalue weighted by Gasteiger charge is 2.35. The van der Waals surface area contributed by atoms with Gasteiger partial charge in [0.05, 0.1) is 0 Å². The van der Waals surface area contributed by atoms with E-state index in [1.807, 2.05) is 0 Å². The molecule has 0 bridgehead atoms. The van der Waals surface area contributed by atoms with Crippen LogP contribution in [-0.2, 0) is 5.41 Å². The summed E-state index contributed by atoms with van der Waals surface area (Å²) in [5, 5.41) is 4.81. The van der Waals surface area contributed by atoms with Crippen LogP contribution < -0.4 is 0 Å². The molecule has 66 valence electrons. The Kier molecular flexibility index (Phi) is 2.18. The second-order valence-electron chi connectivity index (χ2n) is 3.91. The van der Waals surface area contributed by atoms with Crippen LogP contribution in [0.15, 0.2) is 16.8 Å². The van der Waals surface area contributed by atoms with Crippen molar-refractivity contribution in [2.75, 3.05) is 0 Å². The average molecular weight is 201 g/mol. The van der Waals surface area contributed by atoms with E-state index in [4.69, 9.17) is 11.6 Å². The second-order valence-corrected chi connectivity index (χ2v) is 5.31. The average Bonchev–Trinajstić information content (AvgIpc) is 2.59. The predicted octanol–water partition coefficient (Wildman–Crippen LogP) is 3.80. The van der Waals surface area contributed by atoms with Gasteiger partial charge in [-0.2, -0.15) is 11.3 Å². The molecule has 0 aromatic carbocycles. The molecule has 2 unspecified atom stereocenters. The molecule has 2 heteroatoms. The smallest absolute Gasteiger partial charge is 0.0344 e. The Balaban J connectivity index is 2.23. The van der Waals surface area contributed by atoms with E-state index in [1.165, 1.54) is 18.4 Å². The van der Waals surface area contributed by atoms with Gasteiger partial charge in [-0.25, -0.2) is 0 Å². The maximum absolute atomic E-state index is 6.12. The van der Waals surface area contributed by atoms with Crippen LogP contribution in [0.5, 0.6) is 0 Å². The van der Waals surface area contributed by atoms with Crippen LogP contribution in [0, 0.1) is 0 Å². The highest BCUT2D eigenvalue weighted by molar-refractivity contribution is 7.08. The fraction of sp³-hybridized carbons (Fsp3) is 0.600. The predicted molar refractivity (Wildman–Crippen MR) is 55.2 cm³/mol. The molecule has 0 radical (unpaired) electrons. The van der Waals surface area contributed by atoms with E-state index in [9.17, 15) is 0 Å². The van der Waals surface area contributed by atoms with Gasteiger partial charge in [0.2, 0.25) is 0 Å². The van der Waals surface area contributed by atoms with Gasteiger partial charge in [-0.05, 0) is 47.1 Å². The van der Waals surface area contributed by atoms with Gasteiger partial charge < -0.3 is 0 Å². The van der Waals surface area contributed by atoms with E-state index in [0.717, 1.165) is 6.42 Å². The molecule has 1 aliphatic carbocycles. The number of rotatable bonds is 1. The summed E-state index contributed by atoms with van der Waals surface area (Å²) >= 11 is 7.90. The minimum atomic E-state index is 0.367. The maximum atomic E-state index is 6.12. The van der Waals surface area contributed by atoms with Gasteiger partial charge >= 0.3 is 0 Å². The van der Waals surface area contributed by atoms with E-state index in [1.54, 1.807) is 11.3 Å². The minimum absolute atomic E-state index is 0.367. The summed E-state index contributed by atoms with van der Waals surface area (Å²) < 4.78 is 0. The van der Waals surface area contributed by atoms with Crippen LogP contribution in [0.3, 0.4) is 0 Å². The van der Waals surface area contributed by atoms with Gasteiger partial charge in [0.1, 0.15) is 0 Å². The molecule has 1 aromatic heterocycles. The molecule has 0 nitrogen and oxygen atoms in total. The summed E-state index contributed by atoms with van der Waals surface area (Å²) in [6.07, 6.45) is 3.57. The molecular formula is C10H13ClS. The fourth-order valence-electron chi connectivity index (χ4n) is 2.04. The molecule has 0 saturated heterocycles. The maximum Gasteiger partial charge on any atom is 0.0344 e.